The second-order valence-electron chi connectivity index (χ2n) is 6.63. The van der Waals surface area contributed by atoms with Crippen LogP contribution >= 0.6 is 11.3 Å². The number of para-hydroxylation sites is 1. The molecule has 2 heterocycles. The standard InChI is InChI=1S/C22H19N3O4S/c1-13-18-5-3-4-6-19(18)29-20(13)22(27)25-24-21(26)15-7-9-17(10-8-15)28-11-16-12-30-14(2)23-16/h3-10,12H,11H2,1-2H3,(H,24,26)(H,25,27). The van der Waals surface area contributed by atoms with E-state index in [1.807, 2.05) is 30.5 Å². The molecular formula is C22H19N3O4S. The largest absolute Gasteiger partial charge is 0.487 e. The van der Waals surface area contributed by atoms with Crippen LogP contribution in [0.15, 0.2) is 58.3 Å². The molecule has 2 N–H and O–H groups in total. The molecule has 0 radical (unpaired) electrons. The second kappa shape index (κ2) is 8.38. The van der Waals surface area contributed by atoms with Crippen LogP contribution in [-0.2, 0) is 6.61 Å². The van der Waals surface area contributed by atoms with Crippen LogP contribution in [0.25, 0.3) is 11.0 Å². The van der Waals surface area contributed by atoms with E-state index in [0.29, 0.717) is 29.1 Å². The normalized spacial score (nSPS) is 10.7. The predicted octanol–water partition coefficient (Wildman–Crippen LogP) is 4.16. The van der Waals surface area contributed by atoms with Crippen molar-refractivity contribution < 1.29 is 18.7 Å². The number of aryl methyl sites for hydroxylation is 2. The minimum absolute atomic E-state index is 0.164. The Kier molecular flexibility index (Phi) is 5.49. The number of aromatic nitrogens is 1. The van der Waals surface area contributed by atoms with E-state index in [-0.39, 0.29) is 5.76 Å². The Labute approximate surface area is 176 Å². The number of hydrazine groups is 1. The van der Waals surface area contributed by atoms with Crippen molar-refractivity contribution in [3.63, 3.8) is 0 Å². The number of furan rings is 1. The zero-order chi connectivity index (χ0) is 21.1. The molecular weight excluding hydrogens is 402 g/mol. The quantitative estimate of drug-likeness (QED) is 0.472. The van der Waals surface area contributed by atoms with Crippen LogP contribution in [0.2, 0.25) is 0 Å². The lowest BCUT2D eigenvalue weighted by Gasteiger charge is -2.08. The summed E-state index contributed by atoms with van der Waals surface area (Å²) < 4.78 is 11.3. The Morgan fingerprint density at radius 3 is 2.47 bits per heavy atom. The SMILES string of the molecule is Cc1nc(COc2ccc(C(=O)NNC(=O)c3oc4ccccc4c3C)cc2)cs1. The van der Waals surface area contributed by atoms with E-state index in [0.717, 1.165) is 16.1 Å². The highest BCUT2D eigenvalue weighted by atomic mass is 32.1. The summed E-state index contributed by atoms with van der Waals surface area (Å²) in [5, 5.41) is 3.79. The zero-order valence-corrected chi connectivity index (χ0v) is 17.2. The first kappa shape index (κ1) is 19.7. The fourth-order valence-electron chi connectivity index (χ4n) is 2.97. The zero-order valence-electron chi connectivity index (χ0n) is 16.4. The number of thiazole rings is 1. The summed E-state index contributed by atoms with van der Waals surface area (Å²) in [6.45, 7) is 4.10. The summed E-state index contributed by atoms with van der Waals surface area (Å²) >= 11 is 1.57. The van der Waals surface area contributed by atoms with E-state index in [9.17, 15) is 9.59 Å². The van der Waals surface area contributed by atoms with Crippen LogP contribution in [0.1, 0.15) is 37.2 Å². The average molecular weight is 421 g/mol. The molecule has 0 saturated heterocycles. The first-order chi connectivity index (χ1) is 14.5. The van der Waals surface area contributed by atoms with E-state index in [1.165, 1.54) is 0 Å². The number of amides is 2. The number of nitrogens with one attached hydrogen (secondary N) is 2. The third-order valence-electron chi connectivity index (χ3n) is 4.51. The van der Waals surface area contributed by atoms with Gasteiger partial charge in [-0.3, -0.25) is 20.4 Å². The summed E-state index contributed by atoms with van der Waals surface area (Å²) in [6, 6.07) is 14.0. The molecule has 2 amide bonds. The highest BCUT2D eigenvalue weighted by molar-refractivity contribution is 7.09. The van der Waals surface area contributed by atoms with Gasteiger partial charge in [-0.2, -0.15) is 0 Å². The molecule has 152 valence electrons. The number of carbonyl (C=O) groups excluding carboxylic acids is 2. The fraction of sp³-hybridized carbons (Fsp3) is 0.136. The molecule has 0 aliphatic rings. The van der Waals surface area contributed by atoms with E-state index >= 15 is 0 Å². The molecule has 2 aromatic heterocycles. The van der Waals surface area contributed by atoms with Crippen LogP contribution in [0, 0.1) is 13.8 Å². The Balaban J connectivity index is 1.34. The maximum Gasteiger partial charge on any atom is 0.305 e. The van der Waals surface area contributed by atoms with Crippen molar-refractivity contribution >= 4 is 34.1 Å². The highest BCUT2D eigenvalue weighted by Crippen LogP contribution is 2.24. The Morgan fingerprint density at radius 2 is 1.77 bits per heavy atom. The van der Waals surface area contributed by atoms with Gasteiger partial charge in [-0.25, -0.2) is 4.98 Å². The first-order valence-electron chi connectivity index (χ1n) is 9.24. The van der Waals surface area contributed by atoms with Crippen LogP contribution in [0.5, 0.6) is 5.75 Å². The van der Waals surface area contributed by atoms with Gasteiger partial charge in [0.2, 0.25) is 0 Å². The molecule has 30 heavy (non-hydrogen) atoms. The lowest BCUT2D eigenvalue weighted by molar-refractivity contribution is 0.0831. The number of fused-ring (bicyclic) bond motifs is 1. The minimum atomic E-state index is -0.518. The molecule has 8 heteroatoms. The Morgan fingerprint density at radius 1 is 1.03 bits per heavy atom. The maximum atomic E-state index is 12.4. The topological polar surface area (TPSA) is 93.5 Å². The molecule has 0 spiro atoms. The molecule has 0 aliphatic carbocycles. The van der Waals surface area contributed by atoms with Gasteiger partial charge in [0.15, 0.2) is 5.76 Å². The summed E-state index contributed by atoms with van der Waals surface area (Å²) in [5.74, 6) is -0.175. The molecule has 2 aromatic carbocycles. The van der Waals surface area contributed by atoms with Gasteiger partial charge in [0, 0.05) is 21.9 Å². The summed E-state index contributed by atoms with van der Waals surface area (Å²) in [7, 11) is 0. The van der Waals surface area contributed by atoms with Crippen molar-refractivity contribution in [1.82, 2.24) is 15.8 Å². The third-order valence-corrected chi connectivity index (χ3v) is 5.33. The molecule has 0 aliphatic heterocycles. The predicted molar refractivity (Wildman–Crippen MR) is 114 cm³/mol. The number of hydrogen-bond donors (Lipinski definition) is 2. The lowest BCUT2D eigenvalue weighted by atomic mass is 10.1. The molecule has 4 rings (SSSR count). The Hall–Kier alpha value is -3.65. The van der Waals surface area contributed by atoms with Gasteiger partial charge >= 0.3 is 5.91 Å². The van der Waals surface area contributed by atoms with E-state index in [2.05, 4.69) is 15.8 Å². The van der Waals surface area contributed by atoms with Gasteiger partial charge in [-0.15, -0.1) is 11.3 Å². The van der Waals surface area contributed by atoms with Gasteiger partial charge in [-0.1, -0.05) is 18.2 Å². The molecule has 0 fully saturated rings. The van der Waals surface area contributed by atoms with Gasteiger partial charge in [0.05, 0.1) is 10.7 Å². The average Bonchev–Trinajstić information content (AvgIpc) is 3.34. The molecule has 0 unspecified atom stereocenters. The minimum Gasteiger partial charge on any atom is -0.487 e. The molecule has 0 bridgehead atoms. The van der Waals surface area contributed by atoms with Crippen molar-refractivity contribution in [2.24, 2.45) is 0 Å². The number of rotatable bonds is 5. The number of hydrogen-bond acceptors (Lipinski definition) is 6. The molecule has 7 nitrogen and oxygen atoms in total. The summed E-state index contributed by atoms with van der Waals surface area (Å²) in [4.78, 5) is 29.1. The number of benzene rings is 2. The highest BCUT2D eigenvalue weighted by Gasteiger charge is 2.18. The third kappa shape index (κ3) is 4.18. The second-order valence-corrected chi connectivity index (χ2v) is 7.69. The van der Waals surface area contributed by atoms with Crippen LogP contribution in [0.3, 0.4) is 0 Å². The van der Waals surface area contributed by atoms with Crippen LogP contribution in [0.4, 0.5) is 0 Å². The van der Waals surface area contributed by atoms with Crippen molar-refractivity contribution in [1.29, 1.82) is 0 Å². The summed E-state index contributed by atoms with van der Waals surface area (Å²) in [6.07, 6.45) is 0. The first-order valence-corrected chi connectivity index (χ1v) is 10.1. The van der Waals surface area contributed by atoms with E-state index < -0.39 is 11.8 Å². The van der Waals surface area contributed by atoms with E-state index in [4.69, 9.17) is 9.15 Å². The van der Waals surface area contributed by atoms with E-state index in [1.54, 1.807) is 48.6 Å². The monoisotopic (exact) mass is 421 g/mol. The number of ether oxygens (including phenoxy) is 1. The van der Waals surface area contributed by atoms with Gasteiger partial charge < -0.3 is 9.15 Å². The fourth-order valence-corrected chi connectivity index (χ4v) is 3.57. The van der Waals surface area contributed by atoms with Crippen molar-refractivity contribution in [3.8, 4) is 5.75 Å². The van der Waals surface area contributed by atoms with Crippen molar-refractivity contribution in [2.75, 3.05) is 0 Å². The van der Waals surface area contributed by atoms with Gasteiger partial charge in [-0.05, 0) is 44.2 Å². The van der Waals surface area contributed by atoms with Gasteiger partial charge in [0.25, 0.3) is 5.91 Å². The molecule has 0 saturated carbocycles. The van der Waals surface area contributed by atoms with Gasteiger partial charge in [0.1, 0.15) is 17.9 Å². The smallest absolute Gasteiger partial charge is 0.305 e. The number of nitrogens with zero attached hydrogens (tertiary/aromatic N) is 1. The maximum absolute atomic E-state index is 12.4. The summed E-state index contributed by atoms with van der Waals surface area (Å²) in [5.41, 5.74) is 7.38. The lowest BCUT2D eigenvalue weighted by Crippen LogP contribution is -2.41. The van der Waals surface area contributed by atoms with Crippen LogP contribution < -0.4 is 15.6 Å². The Bertz CT molecular complexity index is 1210. The van der Waals surface area contributed by atoms with Crippen molar-refractivity contribution in [2.45, 2.75) is 20.5 Å². The molecule has 0 atom stereocenters. The molecule has 4 aromatic rings. The van der Waals surface area contributed by atoms with Crippen LogP contribution in [-0.4, -0.2) is 16.8 Å². The number of carbonyl (C=O) groups is 2. The van der Waals surface area contributed by atoms with Crippen molar-refractivity contribution in [3.05, 3.63) is 81.5 Å².